The molecule has 0 radical (unpaired) electrons. The van der Waals surface area contributed by atoms with E-state index in [1.54, 1.807) is 0 Å². The van der Waals surface area contributed by atoms with Gasteiger partial charge in [-0.3, -0.25) is 0 Å². The van der Waals surface area contributed by atoms with Gasteiger partial charge >= 0.3 is 7.12 Å². The van der Waals surface area contributed by atoms with Gasteiger partial charge in [0.2, 0.25) is 0 Å². The number of hydrogen-bond acceptors (Lipinski definition) is 4. The zero-order valence-electron chi connectivity index (χ0n) is 13.0. The summed E-state index contributed by atoms with van der Waals surface area (Å²) < 4.78 is 17.6. The van der Waals surface area contributed by atoms with E-state index in [-0.39, 0.29) is 24.4 Å². The van der Waals surface area contributed by atoms with Crippen molar-refractivity contribution in [3.63, 3.8) is 0 Å². The Morgan fingerprint density at radius 1 is 1.10 bits per heavy atom. The quantitative estimate of drug-likeness (QED) is 0.851. The first kappa shape index (κ1) is 15.4. The molecule has 0 aromatic heterocycles. The topological polar surface area (TPSA) is 53.7 Å². The maximum atomic E-state index is 6.01. The van der Waals surface area contributed by atoms with Gasteiger partial charge in [-0.15, -0.1) is 0 Å². The molecule has 0 spiro atoms. The summed E-state index contributed by atoms with van der Waals surface area (Å²) in [6.45, 7) is 10.6. The summed E-state index contributed by atoms with van der Waals surface area (Å²) in [7, 11) is -0.331. The van der Waals surface area contributed by atoms with Gasteiger partial charge < -0.3 is 19.8 Å². The molecule has 0 amide bonds. The van der Waals surface area contributed by atoms with Crippen LogP contribution in [0.5, 0.6) is 5.75 Å². The third-order valence-corrected chi connectivity index (χ3v) is 3.92. The van der Waals surface area contributed by atoms with Crippen molar-refractivity contribution in [3.05, 3.63) is 24.3 Å². The number of ether oxygens (including phenoxy) is 1. The van der Waals surface area contributed by atoms with Crippen LogP contribution in [0.2, 0.25) is 0 Å². The maximum absolute atomic E-state index is 6.01. The van der Waals surface area contributed by atoms with E-state index in [2.05, 4.69) is 0 Å². The van der Waals surface area contributed by atoms with E-state index in [0.29, 0.717) is 6.61 Å². The summed E-state index contributed by atoms with van der Waals surface area (Å²) >= 11 is 0. The maximum Gasteiger partial charge on any atom is 0.494 e. The number of nitrogens with two attached hydrogens (primary N) is 1. The van der Waals surface area contributed by atoms with E-state index in [1.165, 1.54) is 0 Å². The first-order valence-electron chi connectivity index (χ1n) is 7.05. The highest BCUT2D eigenvalue weighted by molar-refractivity contribution is 6.62. The number of rotatable bonds is 4. The van der Waals surface area contributed by atoms with Crippen LogP contribution in [-0.2, 0) is 9.31 Å². The third kappa shape index (κ3) is 3.16. The molecule has 20 heavy (non-hydrogen) atoms. The van der Waals surface area contributed by atoms with Crippen molar-refractivity contribution in [2.45, 2.75) is 51.9 Å². The fourth-order valence-electron chi connectivity index (χ4n) is 1.93. The molecule has 1 atom stereocenters. The van der Waals surface area contributed by atoms with Crippen molar-refractivity contribution >= 4 is 12.6 Å². The first-order chi connectivity index (χ1) is 9.21. The summed E-state index contributed by atoms with van der Waals surface area (Å²) in [5.74, 6) is 0.808. The summed E-state index contributed by atoms with van der Waals surface area (Å²) in [6, 6.07) is 7.81. The zero-order valence-corrected chi connectivity index (χ0v) is 13.0. The number of hydrogen-bond donors (Lipinski definition) is 1. The minimum absolute atomic E-state index is 0.0257. The van der Waals surface area contributed by atoms with Gasteiger partial charge in [-0.1, -0.05) is 12.1 Å². The molecule has 0 saturated carbocycles. The molecule has 1 saturated heterocycles. The highest BCUT2D eigenvalue weighted by Crippen LogP contribution is 2.36. The molecule has 1 fully saturated rings. The molecule has 2 rings (SSSR count). The van der Waals surface area contributed by atoms with E-state index in [0.717, 1.165) is 11.2 Å². The average Bonchev–Trinajstić information content (AvgIpc) is 2.56. The van der Waals surface area contributed by atoms with E-state index in [9.17, 15) is 0 Å². The summed E-state index contributed by atoms with van der Waals surface area (Å²) in [5, 5.41) is 0. The minimum atomic E-state index is -0.331. The Balaban J connectivity index is 2.05. The van der Waals surface area contributed by atoms with E-state index >= 15 is 0 Å². The Kier molecular flexibility index (Phi) is 4.14. The molecule has 1 aliphatic heterocycles. The lowest BCUT2D eigenvalue weighted by Gasteiger charge is -2.32. The van der Waals surface area contributed by atoms with E-state index in [1.807, 2.05) is 58.9 Å². The average molecular weight is 277 g/mol. The molecule has 1 heterocycles. The smallest absolute Gasteiger partial charge is 0.492 e. The molecule has 1 aromatic carbocycles. The molecule has 2 N–H and O–H groups in total. The lowest BCUT2D eigenvalue weighted by molar-refractivity contribution is 0.00578. The SMILES string of the molecule is CC(N)COc1ccc(B2OC(C)(C)C(C)(C)O2)cc1. The van der Waals surface area contributed by atoms with Crippen LogP contribution in [0.25, 0.3) is 0 Å². The monoisotopic (exact) mass is 277 g/mol. The van der Waals surface area contributed by atoms with Gasteiger partial charge in [0.15, 0.2) is 0 Å². The highest BCUT2D eigenvalue weighted by atomic mass is 16.7. The summed E-state index contributed by atoms with van der Waals surface area (Å²) in [4.78, 5) is 0. The van der Waals surface area contributed by atoms with Gasteiger partial charge in [-0.2, -0.15) is 0 Å². The molecular formula is C15H24BNO3. The first-order valence-corrected chi connectivity index (χ1v) is 7.05. The van der Waals surface area contributed by atoms with Crippen LogP contribution in [0.3, 0.4) is 0 Å². The van der Waals surface area contributed by atoms with Crippen molar-refractivity contribution in [2.75, 3.05) is 6.61 Å². The van der Waals surface area contributed by atoms with Crippen molar-refractivity contribution in [1.29, 1.82) is 0 Å². The van der Waals surface area contributed by atoms with Crippen LogP contribution in [0.1, 0.15) is 34.6 Å². The van der Waals surface area contributed by atoms with Crippen LogP contribution < -0.4 is 15.9 Å². The van der Waals surface area contributed by atoms with Crippen molar-refractivity contribution in [1.82, 2.24) is 0 Å². The van der Waals surface area contributed by atoms with Crippen LogP contribution in [0.15, 0.2) is 24.3 Å². The fourth-order valence-corrected chi connectivity index (χ4v) is 1.93. The second kappa shape index (κ2) is 5.39. The Hall–Kier alpha value is -1.04. The Labute approximate surface area is 121 Å². The van der Waals surface area contributed by atoms with Gasteiger partial charge in [-0.25, -0.2) is 0 Å². The Morgan fingerprint density at radius 2 is 1.60 bits per heavy atom. The van der Waals surface area contributed by atoms with Crippen molar-refractivity contribution in [3.8, 4) is 5.75 Å². The van der Waals surface area contributed by atoms with Crippen LogP contribution in [-0.4, -0.2) is 31.0 Å². The molecule has 1 aliphatic rings. The summed E-state index contributed by atoms with van der Waals surface area (Å²) in [5.41, 5.74) is 6.03. The lowest BCUT2D eigenvalue weighted by atomic mass is 9.79. The molecule has 5 heteroatoms. The van der Waals surface area contributed by atoms with Crippen molar-refractivity contribution in [2.24, 2.45) is 5.73 Å². The largest absolute Gasteiger partial charge is 0.494 e. The third-order valence-electron chi connectivity index (χ3n) is 3.92. The number of benzene rings is 1. The molecule has 1 aromatic rings. The van der Waals surface area contributed by atoms with Gasteiger partial charge in [0, 0.05) is 6.04 Å². The van der Waals surface area contributed by atoms with E-state index < -0.39 is 0 Å². The van der Waals surface area contributed by atoms with Crippen LogP contribution >= 0.6 is 0 Å². The van der Waals surface area contributed by atoms with Crippen molar-refractivity contribution < 1.29 is 14.0 Å². The van der Waals surface area contributed by atoms with Crippen LogP contribution in [0.4, 0.5) is 0 Å². The molecule has 110 valence electrons. The van der Waals surface area contributed by atoms with E-state index in [4.69, 9.17) is 19.8 Å². The predicted octanol–water partition coefficient (Wildman–Crippen LogP) is 1.71. The second-order valence-corrected chi connectivity index (χ2v) is 6.45. The molecule has 0 aliphatic carbocycles. The van der Waals surface area contributed by atoms with Gasteiger partial charge in [0.1, 0.15) is 12.4 Å². The minimum Gasteiger partial charge on any atom is -0.492 e. The molecular weight excluding hydrogens is 253 g/mol. The standard InChI is InChI=1S/C15H24BNO3/c1-11(17)10-18-13-8-6-12(7-9-13)16-19-14(2,3)15(4,5)20-16/h6-9,11H,10,17H2,1-5H3. The zero-order chi connectivity index (χ0) is 15.0. The van der Waals surface area contributed by atoms with Gasteiger partial charge in [0.05, 0.1) is 11.2 Å². The molecule has 4 nitrogen and oxygen atoms in total. The predicted molar refractivity (Wildman–Crippen MR) is 81.3 cm³/mol. The molecule has 0 bridgehead atoms. The molecule has 1 unspecified atom stereocenters. The van der Waals surface area contributed by atoms with Gasteiger partial charge in [-0.05, 0) is 52.2 Å². The summed E-state index contributed by atoms with van der Waals surface area (Å²) in [6.07, 6.45) is 0. The van der Waals surface area contributed by atoms with Gasteiger partial charge in [0.25, 0.3) is 0 Å². The normalized spacial score (nSPS) is 21.8. The second-order valence-electron chi connectivity index (χ2n) is 6.45. The van der Waals surface area contributed by atoms with Crippen LogP contribution in [0, 0.1) is 0 Å². The Morgan fingerprint density at radius 3 is 2.05 bits per heavy atom. The fraction of sp³-hybridized carbons (Fsp3) is 0.600. The lowest BCUT2D eigenvalue weighted by Crippen LogP contribution is -2.41. The highest BCUT2D eigenvalue weighted by Gasteiger charge is 2.51. The Bertz CT molecular complexity index is 441.